The highest BCUT2D eigenvalue weighted by Crippen LogP contribution is 2.19. The summed E-state index contributed by atoms with van der Waals surface area (Å²) in [5.41, 5.74) is 6.56. The van der Waals surface area contributed by atoms with E-state index >= 15 is 0 Å². The molecule has 0 aliphatic carbocycles. The van der Waals surface area contributed by atoms with Gasteiger partial charge in [-0.15, -0.1) is 0 Å². The first-order chi connectivity index (χ1) is 18.3. The molecule has 198 valence electrons. The molecule has 10 heteroatoms. The minimum Gasteiger partial charge on any atom is -0.368 e. The molecule has 3 amide bonds. The van der Waals surface area contributed by atoms with Crippen LogP contribution in [0.25, 0.3) is 10.8 Å². The number of nitrogens with two attached hydrogens (primary N) is 1. The maximum absolute atomic E-state index is 13.4. The normalized spacial score (nSPS) is 15.4. The third-order valence-corrected chi connectivity index (χ3v) is 6.79. The van der Waals surface area contributed by atoms with Gasteiger partial charge in [-0.1, -0.05) is 55.0 Å². The predicted molar refractivity (Wildman–Crippen MR) is 143 cm³/mol. The molecule has 1 aliphatic heterocycles. The lowest BCUT2D eigenvalue weighted by Crippen LogP contribution is -2.57. The highest BCUT2D eigenvalue weighted by Gasteiger charge is 2.28. The summed E-state index contributed by atoms with van der Waals surface area (Å²) in [7, 11) is 0. The number of piperidine rings is 1. The third-order valence-electron chi connectivity index (χ3n) is 6.79. The number of rotatable bonds is 10. The van der Waals surface area contributed by atoms with Crippen molar-refractivity contribution in [2.24, 2.45) is 5.73 Å². The molecule has 38 heavy (non-hydrogen) atoms. The summed E-state index contributed by atoms with van der Waals surface area (Å²) in [6.07, 6.45) is 3.23. The molecule has 1 fully saturated rings. The molecule has 0 radical (unpaired) electrons. The fourth-order valence-electron chi connectivity index (χ4n) is 4.74. The van der Waals surface area contributed by atoms with Crippen molar-refractivity contribution in [1.29, 1.82) is 0 Å². The van der Waals surface area contributed by atoms with Crippen molar-refractivity contribution in [3.63, 3.8) is 0 Å². The van der Waals surface area contributed by atoms with Gasteiger partial charge < -0.3 is 21.3 Å². The molecule has 1 unspecified atom stereocenters. The van der Waals surface area contributed by atoms with Gasteiger partial charge in [0.05, 0.1) is 4.92 Å². The van der Waals surface area contributed by atoms with Crippen molar-refractivity contribution < 1.29 is 19.3 Å². The van der Waals surface area contributed by atoms with E-state index in [1.54, 1.807) is 24.3 Å². The Morgan fingerprint density at radius 1 is 0.895 bits per heavy atom. The number of carbonyl (C=O) groups excluding carboxylic acids is 3. The summed E-state index contributed by atoms with van der Waals surface area (Å²) in [5, 5.41) is 18.2. The summed E-state index contributed by atoms with van der Waals surface area (Å²) < 4.78 is 0. The molecule has 0 aromatic heterocycles. The second-order valence-electron chi connectivity index (χ2n) is 9.51. The number of primary amides is 1. The number of benzene rings is 3. The van der Waals surface area contributed by atoms with E-state index in [2.05, 4.69) is 15.5 Å². The molecule has 0 saturated carbocycles. The van der Waals surface area contributed by atoms with Crippen LogP contribution in [-0.4, -0.2) is 59.3 Å². The van der Waals surface area contributed by atoms with Gasteiger partial charge in [-0.2, -0.15) is 0 Å². The second kappa shape index (κ2) is 12.3. The van der Waals surface area contributed by atoms with Crippen molar-refractivity contribution in [2.75, 3.05) is 19.6 Å². The Bertz CT molecular complexity index is 1320. The van der Waals surface area contributed by atoms with Crippen LogP contribution in [0, 0.1) is 10.1 Å². The Labute approximate surface area is 220 Å². The van der Waals surface area contributed by atoms with Gasteiger partial charge in [-0.3, -0.25) is 24.5 Å². The summed E-state index contributed by atoms with van der Waals surface area (Å²) in [6.45, 7) is 1.94. The molecule has 10 nitrogen and oxygen atoms in total. The van der Waals surface area contributed by atoms with E-state index in [1.807, 2.05) is 30.3 Å². The molecule has 0 bridgehead atoms. The van der Waals surface area contributed by atoms with E-state index in [1.165, 1.54) is 12.1 Å². The third kappa shape index (κ3) is 6.71. The van der Waals surface area contributed by atoms with Gasteiger partial charge in [0.2, 0.25) is 11.8 Å². The zero-order valence-corrected chi connectivity index (χ0v) is 21.0. The summed E-state index contributed by atoms with van der Waals surface area (Å²) in [4.78, 5) is 51.7. The van der Waals surface area contributed by atoms with Crippen LogP contribution in [0.5, 0.6) is 0 Å². The molecule has 4 rings (SSSR count). The van der Waals surface area contributed by atoms with Crippen LogP contribution in [0.3, 0.4) is 0 Å². The van der Waals surface area contributed by atoms with Gasteiger partial charge in [-0.05, 0) is 48.3 Å². The number of nitro groups is 1. The first-order valence-electron chi connectivity index (χ1n) is 12.7. The van der Waals surface area contributed by atoms with Gasteiger partial charge in [0.15, 0.2) is 0 Å². The van der Waals surface area contributed by atoms with E-state index in [9.17, 15) is 24.5 Å². The predicted octanol–water partition coefficient (Wildman–Crippen LogP) is 2.55. The Morgan fingerprint density at radius 2 is 1.58 bits per heavy atom. The molecule has 1 saturated heterocycles. The van der Waals surface area contributed by atoms with E-state index in [-0.39, 0.29) is 12.1 Å². The van der Waals surface area contributed by atoms with Crippen LogP contribution in [0.4, 0.5) is 5.69 Å². The zero-order valence-electron chi connectivity index (χ0n) is 21.0. The van der Waals surface area contributed by atoms with E-state index in [0.29, 0.717) is 17.7 Å². The minimum absolute atomic E-state index is 0.0650. The monoisotopic (exact) mass is 517 g/mol. The number of nitrogens with one attached hydrogen (secondary N) is 2. The van der Waals surface area contributed by atoms with Crippen molar-refractivity contribution in [1.82, 2.24) is 15.5 Å². The highest BCUT2D eigenvalue weighted by molar-refractivity contribution is 6.08. The van der Waals surface area contributed by atoms with Crippen LogP contribution >= 0.6 is 0 Å². The number of carbonyl (C=O) groups is 3. The number of fused-ring (bicyclic) bond motifs is 1. The van der Waals surface area contributed by atoms with Crippen LogP contribution < -0.4 is 16.4 Å². The lowest BCUT2D eigenvalue weighted by molar-refractivity contribution is -0.384. The topological polar surface area (TPSA) is 148 Å². The fraction of sp³-hybridized carbons (Fsp3) is 0.321. The van der Waals surface area contributed by atoms with Gasteiger partial charge in [0, 0.05) is 30.7 Å². The maximum Gasteiger partial charge on any atom is 0.269 e. The lowest BCUT2D eigenvalue weighted by Gasteiger charge is -2.30. The molecule has 4 N–H and O–H groups in total. The fourth-order valence-corrected chi connectivity index (χ4v) is 4.74. The Balaban J connectivity index is 1.56. The number of amides is 3. The van der Waals surface area contributed by atoms with E-state index < -0.39 is 34.7 Å². The average molecular weight is 518 g/mol. The van der Waals surface area contributed by atoms with Gasteiger partial charge in [0.1, 0.15) is 12.1 Å². The molecule has 3 aromatic carbocycles. The molecule has 0 spiro atoms. The number of non-ortho nitro benzene ring substituents is 1. The number of nitrogens with zero attached hydrogens (tertiary/aromatic N) is 2. The molecular formula is C28H31N5O5. The SMILES string of the molecule is NC(=O)[C@H](CN1CCCCC1)NC(=O)C(Cc1ccc([N+](=O)[O-])cc1)NC(=O)c1cccc2ccccc12. The maximum atomic E-state index is 13.4. The van der Waals surface area contributed by atoms with E-state index in [0.717, 1.165) is 43.1 Å². The Morgan fingerprint density at radius 3 is 2.26 bits per heavy atom. The molecule has 1 aliphatic rings. The van der Waals surface area contributed by atoms with Crippen molar-refractivity contribution in [2.45, 2.75) is 37.8 Å². The van der Waals surface area contributed by atoms with Crippen LogP contribution in [0.1, 0.15) is 35.2 Å². The first-order valence-corrected chi connectivity index (χ1v) is 12.7. The lowest BCUT2D eigenvalue weighted by atomic mass is 10.0. The Kier molecular flexibility index (Phi) is 8.65. The number of likely N-dealkylation sites (tertiary alicyclic amines) is 1. The van der Waals surface area contributed by atoms with Gasteiger partial charge >= 0.3 is 0 Å². The zero-order chi connectivity index (χ0) is 27.1. The van der Waals surface area contributed by atoms with Crippen LogP contribution in [0.2, 0.25) is 0 Å². The number of hydrogen-bond acceptors (Lipinski definition) is 6. The van der Waals surface area contributed by atoms with Gasteiger partial charge in [0.25, 0.3) is 11.6 Å². The smallest absolute Gasteiger partial charge is 0.269 e. The highest BCUT2D eigenvalue weighted by atomic mass is 16.6. The summed E-state index contributed by atoms with van der Waals surface area (Å²) in [6, 6.07) is 16.6. The van der Waals surface area contributed by atoms with Crippen LogP contribution in [-0.2, 0) is 16.0 Å². The standard InChI is InChI=1S/C28H31N5O5/c29-26(34)25(18-32-15-4-1-5-16-32)31-28(36)24(17-19-11-13-21(14-12-19)33(37)38)30-27(35)23-10-6-8-20-7-2-3-9-22(20)23/h2-3,6-14,24-25H,1,4-5,15-18H2,(H2,29,34)(H,30,35)(H,31,36)/t24?,25-/m0/s1. The van der Waals surface area contributed by atoms with Crippen molar-refractivity contribution in [3.05, 3.63) is 88.0 Å². The first kappa shape index (κ1) is 26.7. The Hall–Kier alpha value is -4.31. The van der Waals surface area contributed by atoms with Crippen molar-refractivity contribution in [3.8, 4) is 0 Å². The number of hydrogen-bond donors (Lipinski definition) is 3. The average Bonchev–Trinajstić information content (AvgIpc) is 2.92. The second-order valence-corrected chi connectivity index (χ2v) is 9.51. The van der Waals surface area contributed by atoms with Gasteiger partial charge in [-0.25, -0.2) is 0 Å². The number of nitro benzene ring substituents is 1. The summed E-state index contributed by atoms with van der Waals surface area (Å²) >= 11 is 0. The molecule has 1 heterocycles. The molecular weight excluding hydrogens is 486 g/mol. The summed E-state index contributed by atoms with van der Waals surface area (Å²) in [5.74, 6) is -1.66. The van der Waals surface area contributed by atoms with E-state index in [4.69, 9.17) is 5.73 Å². The van der Waals surface area contributed by atoms with Crippen molar-refractivity contribution >= 4 is 34.2 Å². The largest absolute Gasteiger partial charge is 0.368 e. The molecule has 3 aromatic rings. The molecule has 2 atom stereocenters. The minimum atomic E-state index is -1.05. The van der Waals surface area contributed by atoms with Crippen LogP contribution in [0.15, 0.2) is 66.7 Å². The quantitative estimate of drug-likeness (QED) is 0.278.